The quantitative estimate of drug-likeness (QED) is 0.126. The summed E-state index contributed by atoms with van der Waals surface area (Å²) in [5, 5.41) is 22.0. The lowest BCUT2D eigenvalue weighted by Crippen LogP contribution is -2.59. The predicted molar refractivity (Wildman–Crippen MR) is 199 cm³/mol. The Morgan fingerprint density at radius 3 is 2.22 bits per heavy atom. The number of amides is 6. The number of anilines is 1. The molecule has 1 saturated heterocycles. The normalized spacial score (nSPS) is 15.6. The van der Waals surface area contributed by atoms with E-state index in [1.54, 1.807) is 48.5 Å². The molecule has 1 fully saturated rings. The van der Waals surface area contributed by atoms with E-state index in [0.717, 1.165) is 5.56 Å². The Morgan fingerprint density at radius 1 is 0.907 bits per heavy atom. The van der Waals surface area contributed by atoms with E-state index < -0.39 is 72.5 Å². The first-order valence-electron chi connectivity index (χ1n) is 17.6. The summed E-state index contributed by atoms with van der Waals surface area (Å²) in [7, 11) is 0. The van der Waals surface area contributed by atoms with Crippen LogP contribution in [0.3, 0.4) is 0 Å². The average Bonchev–Trinajstić information content (AvgIpc) is 3.63. The van der Waals surface area contributed by atoms with Gasteiger partial charge in [0.15, 0.2) is 12.7 Å². The molecule has 288 valence electrons. The van der Waals surface area contributed by atoms with E-state index in [1.165, 1.54) is 11.0 Å². The third-order valence-corrected chi connectivity index (χ3v) is 8.32. The Labute approximate surface area is 313 Å². The molecular formula is C39H48N6O9. The molecule has 15 nitrogen and oxygen atoms in total. The van der Waals surface area contributed by atoms with Crippen LogP contribution in [0.5, 0.6) is 5.75 Å². The van der Waals surface area contributed by atoms with E-state index in [2.05, 4.69) is 21.3 Å². The summed E-state index contributed by atoms with van der Waals surface area (Å²) in [6, 6.07) is 20.7. The van der Waals surface area contributed by atoms with Crippen LogP contribution in [-0.2, 0) is 41.7 Å². The number of aliphatic hydroxyl groups excluding tert-OH is 1. The Morgan fingerprint density at radius 2 is 1.57 bits per heavy atom. The Bertz CT molecular complexity index is 1770. The zero-order chi connectivity index (χ0) is 39.3. The third kappa shape index (κ3) is 12.9. The number of carbonyl (C=O) groups excluding carboxylic acids is 6. The molecule has 1 aliphatic heterocycles. The molecule has 4 rings (SSSR count). The van der Waals surface area contributed by atoms with Crippen LogP contribution in [0.25, 0.3) is 0 Å². The third-order valence-electron chi connectivity index (χ3n) is 8.32. The summed E-state index contributed by atoms with van der Waals surface area (Å²) in [5.74, 6) is -3.43. The molecule has 15 heteroatoms. The van der Waals surface area contributed by atoms with Gasteiger partial charge in [0.25, 0.3) is 11.8 Å². The lowest BCUT2D eigenvalue weighted by molar-refractivity contribution is -0.147. The number of aliphatic hydroxyl groups is 1. The Hall–Kier alpha value is -5.96. The standard InChI is InChI=1S/C39H48N6O9/c1-39(2,3)44-36(50)31-18-11-19-45(31)37(51)34(48)29(20-25-12-6-4-7-13-25)43-35(49)30(22-32(40)46)42-33(47)24-53-28-17-10-16-27(21-28)41-38(52)54-23-26-14-8-5-9-15-26/h4-10,12-17,21,29-31,34,48H,11,18-20,22-24H2,1-3H3,(H2,40,46)(H,41,52)(H,42,47)(H,43,49)(H,44,50)/t29-,30-,31-,34-/m0/s1. The summed E-state index contributed by atoms with van der Waals surface area (Å²) >= 11 is 0. The largest absolute Gasteiger partial charge is 0.484 e. The molecule has 0 spiro atoms. The van der Waals surface area contributed by atoms with Crippen LogP contribution < -0.4 is 31.7 Å². The fraction of sp³-hybridized carbons (Fsp3) is 0.385. The van der Waals surface area contributed by atoms with Gasteiger partial charge in [0.1, 0.15) is 24.4 Å². The predicted octanol–water partition coefficient (Wildman–Crippen LogP) is 2.17. The summed E-state index contributed by atoms with van der Waals surface area (Å²) in [6.07, 6.45) is -2.10. The van der Waals surface area contributed by atoms with Crippen molar-refractivity contribution in [3.8, 4) is 5.75 Å². The molecule has 0 aliphatic carbocycles. The summed E-state index contributed by atoms with van der Waals surface area (Å²) in [4.78, 5) is 78.9. The van der Waals surface area contributed by atoms with Crippen molar-refractivity contribution in [1.82, 2.24) is 20.9 Å². The maximum absolute atomic E-state index is 13.7. The van der Waals surface area contributed by atoms with Gasteiger partial charge in [-0.25, -0.2) is 4.79 Å². The van der Waals surface area contributed by atoms with Gasteiger partial charge in [-0.1, -0.05) is 66.7 Å². The number of carbonyl (C=O) groups is 6. The van der Waals surface area contributed by atoms with Gasteiger partial charge in [0.05, 0.1) is 12.5 Å². The van der Waals surface area contributed by atoms with Gasteiger partial charge in [0.2, 0.25) is 17.7 Å². The Kier molecular flexibility index (Phi) is 14.5. The van der Waals surface area contributed by atoms with Gasteiger partial charge in [-0.05, 0) is 63.3 Å². The number of primary amides is 1. The summed E-state index contributed by atoms with van der Waals surface area (Å²) in [6.45, 7) is 5.20. The fourth-order valence-electron chi connectivity index (χ4n) is 5.83. The SMILES string of the molecule is CC(C)(C)NC(=O)[C@@H]1CCCN1C(=O)[C@@H](O)[C@H](Cc1ccccc1)NC(=O)[C@H](CC(N)=O)NC(=O)COc1cccc(NC(=O)OCc2ccccc2)c1. The first kappa shape index (κ1) is 40.8. The van der Waals surface area contributed by atoms with Crippen molar-refractivity contribution in [1.29, 1.82) is 0 Å². The molecule has 0 bridgehead atoms. The van der Waals surface area contributed by atoms with Crippen LogP contribution in [0, 0.1) is 0 Å². The highest BCUT2D eigenvalue weighted by atomic mass is 16.5. The number of nitrogens with two attached hydrogens (primary N) is 1. The second-order valence-corrected chi connectivity index (χ2v) is 14.0. The molecular weight excluding hydrogens is 696 g/mol. The van der Waals surface area contributed by atoms with Crippen molar-refractivity contribution in [2.24, 2.45) is 5.73 Å². The van der Waals surface area contributed by atoms with E-state index >= 15 is 0 Å². The fourth-order valence-corrected chi connectivity index (χ4v) is 5.83. The van der Waals surface area contributed by atoms with Gasteiger partial charge in [-0.15, -0.1) is 0 Å². The number of likely N-dealkylation sites (tertiary alicyclic amines) is 1. The van der Waals surface area contributed by atoms with Gasteiger partial charge in [-0.3, -0.25) is 29.3 Å². The highest BCUT2D eigenvalue weighted by Crippen LogP contribution is 2.22. The molecule has 0 radical (unpaired) electrons. The van der Waals surface area contributed by atoms with E-state index in [0.29, 0.717) is 24.1 Å². The molecule has 54 heavy (non-hydrogen) atoms. The lowest BCUT2D eigenvalue weighted by Gasteiger charge is -2.32. The van der Waals surface area contributed by atoms with Crippen molar-refractivity contribution < 1.29 is 43.3 Å². The number of hydrogen-bond donors (Lipinski definition) is 6. The number of hydrogen-bond acceptors (Lipinski definition) is 9. The monoisotopic (exact) mass is 744 g/mol. The van der Waals surface area contributed by atoms with Crippen LogP contribution in [0.1, 0.15) is 51.2 Å². The highest BCUT2D eigenvalue weighted by Gasteiger charge is 2.41. The smallest absolute Gasteiger partial charge is 0.411 e. The summed E-state index contributed by atoms with van der Waals surface area (Å²) < 4.78 is 10.8. The maximum atomic E-state index is 13.7. The van der Waals surface area contributed by atoms with Gasteiger partial charge < -0.3 is 41.2 Å². The van der Waals surface area contributed by atoms with Crippen LogP contribution in [0.15, 0.2) is 84.9 Å². The van der Waals surface area contributed by atoms with Crippen LogP contribution in [0.4, 0.5) is 10.5 Å². The molecule has 0 saturated carbocycles. The van der Waals surface area contributed by atoms with Gasteiger partial charge in [0, 0.05) is 23.8 Å². The molecule has 3 aromatic carbocycles. The van der Waals surface area contributed by atoms with Crippen LogP contribution in [0.2, 0.25) is 0 Å². The van der Waals surface area contributed by atoms with Gasteiger partial charge >= 0.3 is 6.09 Å². The number of ether oxygens (including phenoxy) is 2. The molecule has 3 aromatic rings. The first-order chi connectivity index (χ1) is 25.7. The molecule has 4 atom stereocenters. The van der Waals surface area contributed by atoms with Crippen molar-refractivity contribution in [3.05, 3.63) is 96.1 Å². The maximum Gasteiger partial charge on any atom is 0.411 e. The van der Waals surface area contributed by atoms with E-state index in [-0.39, 0.29) is 31.2 Å². The second-order valence-electron chi connectivity index (χ2n) is 14.0. The number of benzene rings is 3. The van der Waals surface area contributed by atoms with Crippen molar-refractivity contribution >= 4 is 41.3 Å². The average molecular weight is 745 g/mol. The second kappa shape index (κ2) is 19.2. The van der Waals surface area contributed by atoms with Crippen molar-refractivity contribution in [2.45, 2.75) is 82.8 Å². The van der Waals surface area contributed by atoms with Crippen molar-refractivity contribution in [2.75, 3.05) is 18.5 Å². The first-order valence-corrected chi connectivity index (χ1v) is 17.6. The topological polar surface area (TPSA) is 218 Å². The Balaban J connectivity index is 1.39. The van der Waals surface area contributed by atoms with E-state index in [4.69, 9.17) is 15.2 Å². The van der Waals surface area contributed by atoms with E-state index in [1.807, 2.05) is 51.1 Å². The molecule has 7 N–H and O–H groups in total. The minimum atomic E-state index is -1.78. The lowest BCUT2D eigenvalue weighted by atomic mass is 9.99. The molecule has 0 unspecified atom stereocenters. The minimum Gasteiger partial charge on any atom is -0.484 e. The van der Waals surface area contributed by atoms with Crippen LogP contribution >= 0.6 is 0 Å². The molecule has 1 aliphatic rings. The molecule has 1 heterocycles. The summed E-state index contributed by atoms with van der Waals surface area (Å²) in [5.41, 5.74) is 6.72. The van der Waals surface area contributed by atoms with E-state index in [9.17, 15) is 33.9 Å². The molecule has 0 aromatic heterocycles. The van der Waals surface area contributed by atoms with Crippen molar-refractivity contribution in [3.63, 3.8) is 0 Å². The number of rotatable bonds is 16. The van der Waals surface area contributed by atoms with Crippen LogP contribution in [-0.4, -0.2) is 88.6 Å². The molecule has 6 amide bonds. The highest BCUT2D eigenvalue weighted by molar-refractivity contribution is 5.94. The minimum absolute atomic E-state index is 0.0106. The number of nitrogens with zero attached hydrogens (tertiary/aromatic N) is 1. The zero-order valence-corrected chi connectivity index (χ0v) is 30.6. The number of nitrogens with one attached hydrogen (secondary N) is 4. The zero-order valence-electron chi connectivity index (χ0n) is 30.6. The van der Waals surface area contributed by atoms with Gasteiger partial charge in [-0.2, -0.15) is 0 Å².